The molecule has 5 heteroatoms. The fourth-order valence-electron chi connectivity index (χ4n) is 1.67. The van der Waals surface area contributed by atoms with Gasteiger partial charge >= 0.3 is 5.97 Å². The van der Waals surface area contributed by atoms with Crippen LogP contribution in [0.15, 0.2) is 18.2 Å². The molecule has 16 heavy (non-hydrogen) atoms. The highest BCUT2D eigenvalue weighted by Crippen LogP contribution is 2.35. The van der Waals surface area contributed by atoms with E-state index < -0.39 is 12.1 Å². The van der Waals surface area contributed by atoms with Crippen LogP contribution in [-0.2, 0) is 20.1 Å². The first-order chi connectivity index (χ1) is 7.77. The summed E-state index contributed by atoms with van der Waals surface area (Å²) in [5, 5.41) is 0. The summed E-state index contributed by atoms with van der Waals surface area (Å²) in [7, 11) is 1.32. The maximum absolute atomic E-state index is 11.6. The fourth-order valence-corrected chi connectivity index (χ4v) is 1.90. The fraction of sp³-hybridized carbons (Fsp3) is 0.364. The molecule has 2 rings (SSSR count). The smallest absolute Gasteiger partial charge is 0.339 e. The first-order valence-electron chi connectivity index (χ1n) is 4.78. The quantitative estimate of drug-likeness (QED) is 0.588. The largest absolute Gasteiger partial charge is 0.467 e. The van der Waals surface area contributed by atoms with Gasteiger partial charge in [-0.05, 0) is 11.6 Å². The van der Waals surface area contributed by atoms with E-state index in [1.807, 2.05) is 12.1 Å². The zero-order valence-corrected chi connectivity index (χ0v) is 9.49. The number of carbonyl (C=O) groups excluding carboxylic acids is 1. The van der Waals surface area contributed by atoms with Crippen molar-refractivity contribution in [1.29, 1.82) is 0 Å². The minimum absolute atomic E-state index is 0.0402. The van der Waals surface area contributed by atoms with Crippen molar-refractivity contribution < 1.29 is 19.0 Å². The van der Waals surface area contributed by atoms with Crippen molar-refractivity contribution in [3.05, 3.63) is 29.3 Å². The van der Waals surface area contributed by atoms with Crippen molar-refractivity contribution in [2.75, 3.05) is 13.9 Å². The SMILES string of the molecule is COC(=O)C1OCOc2cccc(CCl)c21. The maximum Gasteiger partial charge on any atom is 0.339 e. The van der Waals surface area contributed by atoms with E-state index in [1.165, 1.54) is 7.11 Å². The first-order valence-corrected chi connectivity index (χ1v) is 5.31. The van der Waals surface area contributed by atoms with Crippen LogP contribution in [-0.4, -0.2) is 19.9 Å². The van der Waals surface area contributed by atoms with Crippen LogP contribution in [0.25, 0.3) is 0 Å². The van der Waals surface area contributed by atoms with Crippen LogP contribution in [0.2, 0.25) is 0 Å². The van der Waals surface area contributed by atoms with Gasteiger partial charge in [-0.15, -0.1) is 11.6 Å². The Kier molecular flexibility index (Phi) is 3.31. The van der Waals surface area contributed by atoms with Crippen molar-refractivity contribution >= 4 is 17.6 Å². The highest BCUT2D eigenvalue weighted by molar-refractivity contribution is 6.17. The third kappa shape index (κ3) is 1.86. The molecule has 1 unspecified atom stereocenters. The lowest BCUT2D eigenvalue weighted by Crippen LogP contribution is -2.25. The third-order valence-corrected chi connectivity index (χ3v) is 2.71. The van der Waals surface area contributed by atoms with Gasteiger partial charge in [-0.1, -0.05) is 12.1 Å². The summed E-state index contributed by atoms with van der Waals surface area (Å²) in [6.45, 7) is 0.0402. The van der Waals surface area contributed by atoms with Crippen LogP contribution >= 0.6 is 11.6 Å². The highest BCUT2D eigenvalue weighted by Gasteiger charge is 2.31. The molecule has 1 aliphatic heterocycles. The average molecular weight is 243 g/mol. The summed E-state index contributed by atoms with van der Waals surface area (Å²) in [6.07, 6.45) is -0.747. The van der Waals surface area contributed by atoms with Gasteiger partial charge in [0, 0.05) is 11.4 Å². The first kappa shape index (κ1) is 11.2. The van der Waals surface area contributed by atoms with Crippen molar-refractivity contribution in [2.45, 2.75) is 12.0 Å². The highest BCUT2D eigenvalue weighted by atomic mass is 35.5. The Bertz CT molecular complexity index is 391. The number of ether oxygens (including phenoxy) is 3. The number of methoxy groups -OCH3 is 1. The number of fused-ring (bicyclic) bond motifs is 1. The van der Waals surface area contributed by atoms with Crippen molar-refractivity contribution in [2.24, 2.45) is 0 Å². The van der Waals surface area contributed by atoms with Gasteiger partial charge in [0.2, 0.25) is 0 Å². The third-order valence-electron chi connectivity index (χ3n) is 2.43. The Morgan fingerprint density at radius 2 is 2.44 bits per heavy atom. The molecule has 1 aromatic rings. The van der Waals surface area contributed by atoms with E-state index in [2.05, 4.69) is 4.74 Å². The van der Waals surface area contributed by atoms with Crippen LogP contribution in [0.1, 0.15) is 17.2 Å². The number of carbonyl (C=O) groups is 1. The molecule has 4 nitrogen and oxygen atoms in total. The van der Waals surface area contributed by atoms with E-state index in [4.69, 9.17) is 21.1 Å². The van der Waals surface area contributed by atoms with E-state index in [-0.39, 0.29) is 6.79 Å². The summed E-state index contributed by atoms with van der Waals surface area (Å²) in [4.78, 5) is 11.6. The predicted octanol–water partition coefficient (Wildman–Crippen LogP) is 2.01. The number of hydrogen-bond acceptors (Lipinski definition) is 4. The lowest BCUT2D eigenvalue weighted by atomic mass is 10.0. The number of alkyl halides is 1. The lowest BCUT2D eigenvalue weighted by molar-refractivity contribution is -0.163. The molecule has 86 valence electrons. The number of hydrogen-bond donors (Lipinski definition) is 0. The molecule has 1 atom stereocenters. The van der Waals surface area contributed by atoms with Gasteiger partial charge in [0.25, 0.3) is 0 Å². The minimum Gasteiger partial charge on any atom is -0.467 e. The van der Waals surface area contributed by atoms with Crippen LogP contribution in [0.5, 0.6) is 5.75 Å². The summed E-state index contributed by atoms with van der Waals surface area (Å²) in [6, 6.07) is 5.44. The van der Waals surface area contributed by atoms with Crippen molar-refractivity contribution in [1.82, 2.24) is 0 Å². The molecule has 0 saturated heterocycles. The zero-order chi connectivity index (χ0) is 11.5. The van der Waals surface area contributed by atoms with Crippen LogP contribution < -0.4 is 4.74 Å². The standard InChI is InChI=1S/C11H11ClO4/c1-14-11(13)10-9-7(5-12)3-2-4-8(9)15-6-16-10/h2-4,10H,5-6H2,1H3. The van der Waals surface area contributed by atoms with Crippen LogP contribution in [0.4, 0.5) is 0 Å². The molecule has 0 saturated carbocycles. The Morgan fingerprint density at radius 1 is 1.62 bits per heavy atom. The Labute approximate surface area is 98.1 Å². The Hall–Kier alpha value is -1.26. The van der Waals surface area contributed by atoms with Gasteiger partial charge in [-0.3, -0.25) is 0 Å². The van der Waals surface area contributed by atoms with Crippen molar-refractivity contribution in [3.63, 3.8) is 0 Å². The molecule has 0 bridgehead atoms. The average Bonchev–Trinajstić information content (AvgIpc) is 2.36. The van der Waals surface area contributed by atoms with E-state index in [1.54, 1.807) is 6.07 Å². The summed E-state index contributed by atoms with van der Waals surface area (Å²) >= 11 is 5.81. The second-order valence-electron chi connectivity index (χ2n) is 3.29. The molecule has 0 radical (unpaired) electrons. The van der Waals surface area contributed by atoms with Gasteiger partial charge in [0.1, 0.15) is 5.75 Å². The molecule has 0 fully saturated rings. The number of esters is 1. The van der Waals surface area contributed by atoms with E-state index in [0.717, 1.165) is 5.56 Å². The van der Waals surface area contributed by atoms with Crippen molar-refractivity contribution in [3.8, 4) is 5.75 Å². The van der Waals surface area contributed by atoms with Crippen LogP contribution in [0.3, 0.4) is 0 Å². The van der Waals surface area contributed by atoms with Crippen LogP contribution in [0, 0.1) is 0 Å². The molecule has 1 aliphatic rings. The van der Waals surface area contributed by atoms with Gasteiger partial charge < -0.3 is 14.2 Å². The molecule has 0 aromatic heterocycles. The number of benzene rings is 1. The minimum atomic E-state index is -0.747. The Morgan fingerprint density at radius 3 is 3.12 bits per heavy atom. The van der Waals surface area contributed by atoms with E-state index in [9.17, 15) is 4.79 Å². The number of rotatable bonds is 2. The molecule has 0 spiro atoms. The second kappa shape index (κ2) is 4.72. The monoisotopic (exact) mass is 242 g/mol. The predicted molar refractivity (Wildman–Crippen MR) is 57.3 cm³/mol. The topological polar surface area (TPSA) is 44.8 Å². The van der Waals surface area contributed by atoms with Gasteiger partial charge in [-0.25, -0.2) is 4.79 Å². The maximum atomic E-state index is 11.6. The van der Waals surface area contributed by atoms with E-state index in [0.29, 0.717) is 17.2 Å². The normalized spacial score (nSPS) is 18.5. The van der Waals surface area contributed by atoms with E-state index >= 15 is 0 Å². The van der Waals surface area contributed by atoms with Gasteiger partial charge in [0.15, 0.2) is 12.9 Å². The molecule has 0 amide bonds. The molecule has 0 N–H and O–H groups in total. The Balaban J connectivity index is 2.46. The molecule has 1 heterocycles. The molecule has 1 aromatic carbocycles. The number of halogens is 1. The van der Waals surface area contributed by atoms with Gasteiger partial charge in [-0.2, -0.15) is 0 Å². The summed E-state index contributed by atoms with van der Waals surface area (Å²) in [5.74, 6) is 0.477. The molecular formula is C11H11ClO4. The summed E-state index contributed by atoms with van der Waals surface area (Å²) in [5.41, 5.74) is 1.48. The zero-order valence-electron chi connectivity index (χ0n) is 8.73. The summed E-state index contributed by atoms with van der Waals surface area (Å²) < 4.78 is 15.2. The second-order valence-corrected chi connectivity index (χ2v) is 3.56. The lowest BCUT2D eigenvalue weighted by Gasteiger charge is -2.26. The molecule has 0 aliphatic carbocycles. The van der Waals surface area contributed by atoms with Gasteiger partial charge in [0.05, 0.1) is 7.11 Å². The molecular weight excluding hydrogens is 232 g/mol.